The van der Waals surface area contributed by atoms with Crippen LogP contribution in [0.4, 0.5) is 0 Å². The zero-order valence-corrected chi connectivity index (χ0v) is 44.5. The van der Waals surface area contributed by atoms with Gasteiger partial charge in [0.2, 0.25) is 0 Å². The van der Waals surface area contributed by atoms with Crippen molar-refractivity contribution in [3.05, 3.63) is 154 Å². The number of hydrogen-bond acceptors (Lipinski definition) is 5. The van der Waals surface area contributed by atoms with Crippen molar-refractivity contribution in [3.63, 3.8) is 0 Å². The molecule has 0 aliphatic rings. The second kappa shape index (κ2) is 19.4. The van der Waals surface area contributed by atoms with E-state index in [1.54, 1.807) is 0 Å². The number of pyridine rings is 3. The van der Waals surface area contributed by atoms with Crippen LogP contribution in [0, 0.1) is 52.7 Å². The molecule has 0 saturated heterocycles. The van der Waals surface area contributed by atoms with Gasteiger partial charge in [-0.05, 0) is 95.4 Å². The molecule has 0 unspecified atom stereocenters. The van der Waals surface area contributed by atoms with Gasteiger partial charge in [-0.3, -0.25) is 15.0 Å². The number of nitrogens with zero attached hydrogens (tertiary/aromatic N) is 5. The van der Waals surface area contributed by atoms with Gasteiger partial charge in [-0.25, -0.2) is 0 Å². The summed E-state index contributed by atoms with van der Waals surface area (Å²) in [4.78, 5) is 19.3. The first-order chi connectivity index (χ1) is 30.9. The molecule has 9 rings (SSSR count). The number of fused-ring (bicyclic) bond motifs is 4. The van der Waals surface area contributed by atoms with E-state index in [1.165, 1.54) is 44.1 Å². The minimum Gasteiger partial charge on any atom is -0.499 e. The van der Waals surface area contributed by atoms with Gasteiger partial charge in [0.15, 0.2) is 0 Å². The number of furan rings is 1. The van der Waals surface area contributed by atoms with Gasteiger partial charge in [0.25, 0.3) is 0 Å². The molecule has 5 aromatic heterocycles. The molecule has 0 fully saturated rings. The Morgan fingerprint density at radius 2 is 1.33 bits per heavy atom. The maximum atomic E-state index is 6.64. The molecule has 0 N–H and O–H groups in total. The fourth-order valence-corrected chi connectivity index (χ4v) is 10.9. The Bertz CT molecular complexity index is 3180. The van der Waals surface area contributed by atoms with Crippen molar-refractivity contribution >= 4 is 46.2 Å². The molecule has 66 heavy (non-hydrogen) atoms. The zero-order valence-electron chi connectivity index (χ0n) is 41.2. The summed E-state index contributed by atoms with van der Waals surface area (Å²) < 4.78 is 8.97. The molecular formula is C58H63IrN5OSi-2. The van der Waals surface area contributed by atoms with Crippen molar-refractivity contribution in [2.75, 3.05) is 0 Å². The molecule has 4 aromatic carbocycles. The van der Waals surface area contributed by atoms with Crippen LogP contribution in [0.5, 0.6) is 0 Å². The van der Waals surface area contributed by atoms with Crippen molar-refractivity contribution in [1.29, 1.82) is 0 Å². The zero-order chi connectivity index (χ0) is 46.5. The fraction of sp³-hybridized carbons (Fsp3) is 0.310. The molecule has 9 aromatic rings. The second-order valence-electron chi connectivity index (χ2n) is 19.9. The number of benzene rings is 4. The van der Waals surface area contributed by atoms with E-state index in [2.05, 4.69) is 183 Å². The molecule has 0 spiro atoms. The van der Waals surface area contributed by atoms with Crippen LogP contribution in [-0.2, 0) is 26.5 Å². The first-order valence-corrected chi connectivity index (χ1v) is 26.7. The second-order valence-corrected chi connectivity index (χ2v) is 25.0. The number of aromatic nitrogens is 5. The van der Waals surface area contributed by atoms with Crippen molar-refractivity contribution < 1.29 is 24.5 Å². The van der Waals surface area contributed by atoms with Gasteiger partial charge in [0.1, 0.15) is 5.58 Å². The number of hydrogen-bond donors (Lipinski definition) is 0. The standard InChI is InChI=1S/C38H35N4O.C20H28NSi.Ir/c1-21(2)30-19-27(26-11-9-8-10-12-26)20-31(22(3)4)35(30)42-34-24(6)39-18-16-32(34)41-38(42)29-14-13-23(5)33-28-15-17-40-25(7)36(28)43-37(29)33;1-14(2)10-17-12-19(21-13-20(17)22(5,6)7)18-9-8-15(3)11-16(18)4;/h8-13,15-22H,1-7H3;8,11-14H,10H2,1-7H3;/q2*-1;. The third-order valence-electron chi connectivity index (χ3n) is 12.5. The van der Waals surface area contributed by atoms with Crippen LogP contribution in [-0.4, -0.2) is 32.6 Å². The quantitative estimate of drug-likeness (QED) is 0.106. The number of imidazole rings is 1. The largest absolute Gasteiger partial charge is 0.499 e. The van der Waals surface area contributed by atoms with E-state index in [4.69, 9.17) is 19.4 Å². The fourth-order valence-electron chi connectivity index (χ4n) is 9.34. The Labute approximate surface area is 406 Å². The van der Waals surface area contributed by atoms with Crippen molar-refractivity contribution in [1.82, 2.24) is 24.5 Å². The Kier molecular flexibility index (Phi) is 14.2. The third kappa shape index (κ3) is 9.38. The summed E-state index contributed by atoms with van der Waals surface area (Å²) >= 11 is 0. The van der Waals surface area contributed by atoms with Crippen LogP contribution in [0.15, 0.2) is 102 Å². The maximum absolute atomic E-state index is 6.64. The molecule has 5 heterocycles. The minimum absolute atomic E-state index is 0. The molecule has 1 radical (unpaired) electrons. The molecule has 0 amide bonds. The first kappa shape index (κ1) is 48.4. The number of rotatable bonds is 9. The van der Waals surface area contributed by atoms with Crippen LogP contribution in [0.2, 0.25) is 19.6 Å². The average molecular weight is 1070 g/mol. The van der Waals surface area contributed by atoms with Gasteiger partial charge >= 0.3 is 0 Å². The molecule has 0 saturated carbocycles. The Balaban J connectivity index is 0.000000239. The van der Waals surface area contributed by atoms with E-state index < -0.39 is 8.07 Å². The van der Waals surface area contributed by atoms with Gasteiger partial charge in [0.05, 0.1) is 41.9 Å². The summed E-state index contributed by atoms with van der Waals surface area (Å²) in [7, 11) is -1.36. The van der Waals surface area contributed by atoms with Crippen molar-refractivity contribution in [3.8, 4) is 39.5 Å². The molecule has 8 heteroatoms. The van der Waals surface area contributed by atoms with Gasteiger partial charge in [-0.2, -0.15) is 0 Å². The van der Waals surface area contributed by atoms with Gasteiger partial charge in [0, 0.05) is 49.8 Å². The van der Waals surface area contributed by atoms with Crippen LogP contribution in [0.25, 0.3) is 72.4 Å². The van der Waals surface area contributed by atoms with E-state index in [9.17, 15) is 0 Å². The van der Waals surface area contributed by atoms with Crippen LogP contribution in [0.3, 0.4) is 0 Å². The van der Waals surface area contributed by atoms with E-state index in [0.29, 0.717) is 5.92 Å². The Hall–Kier alpha value is -5.53. The van der Waals surface area contributed by atoms with E-state index in [1.807, 2.05) is 31.5 Å². The van der Waals surface area contributed by atoms with Gasteiger partial charge in [-0.15, -0.1) is 52.6 Å². The summed E-state index contributed by atoms with van der Waals surface area (Å²) in [5, 5.41) is 3.64. The summed E-state index contributed by atoms with van der Waals surface area (Å²) in [6.07, 6.45) is 6.95. The normalized spacial score (nSPS) is 11.8. The molecule has 0 bridgehead atoms. The molecule has 341 valence electrons. The first-order valence-electron chi connectivity index (χ1n) is 23.2. The topological polar surface area (TPSA) is 69.6 Å². The van der Waals surface area contributed by atoms with Gasteiger partial charge < -0.3 is 14.0 Å². The van der Waals surface area contributed by atoms with Crippen LogP contribution in [0.1, 0.15) is 98.1 Å². The van der Waals surface area contributed by atoms with Crippen LogP contribution < -0.4 is 5.19 Å². The SMILES string of the molecule is Cc1c[c-]c(-c2cc(CC(C)C)c([Si](C)(C)C)cn2)c(C)c1.Cc1nccc2c1oc1c(-c3nc4ccnc(C)c4n3-c3c(C(C)C)cc(-c4ccccc4)cc3C(C)C)[c-]cc(C)c12.[Ir]. The molecule has 0 atom stereocenters. The van der Waals surface area contributed by atoms with E-state index in [-0.39, 0.29) is 31.9 Å². The predicted octanol–water partition coefficient (Wildman–Crippen LogP) is 14.9. The number of aryl methyl sites for hydroxylation is 5. The average Bonchev–Trinajstić information content (AvgIpc) is 3.85. The monoisotopic (exact) mass is 1070 g/mol. The third-order valence-corrected chi connectivity index (χ3v) is 14.6. The summed E-state index contributed by atoms with van der Waals surface area (Å²) in [6, 6.07) is 35.0. The van der Waals surface area contributed by atoms with E-state index in [0.717, 1.165) is 84.7 Å². The van der Waals surface area contributed by atoms with Crippen molar-refractivity contribution in [2.24, 2.45) is 5.92 Å². The molecule has 6 nitrogen and oxygen atoms in total. The molecule has 0 aliphatic heterocycles. The molecular weight excluding hydrogens is 1000 g/mol. The minimum atomic E-state index is -1.36. The Morgan fingerprint density at radius 1 is 0.682 bits per heavy atom. The maximum Gasteiger partial charge on any atom is 0.142 e. The van der Waals surface area contributed by atoms with Crippen LogP contribution >= 0.6 is 0 Å². The summed E-state index contributed by atoms with van der Waals surface area (Å²) in [5.41, 5.74) is 19.6. The Morgan fingerprint density at radius 3 is 1.97 bits per heavy atom. The summed E-state index contributed by atoms with van der Waals surface area (Å²) in [6.45, 7) is 31.3. The van der Waals surface area contributed by atoms with Crippen molar-refractivity contribution in [2.45, 2.75) is 114 Å². The molecule has 0 aliphatic carbocycles. The predicted molar refractivity (Wildman–Crippen MR) is 276 cm³/mol. The van der Waals surface area contributed by atoms with Gasteiger partial charge in [-0.1, -0.05) is 135 Å². The van der Waals surface area contributed by atoms with E-state index >= 15 is 0 Å². The summed E-state index contributed by atoms with van der Waals surface area (Å²) in [5.74, 6) is 1.99. The smallest absolute Gasteiger partial charge is 0.142 e.